The lowest BCUT2D eigenvalue weighted by atomic mass is 9.85. The normalized spacial score (nSPS) is 18.9. The van der Waals surface area contributed by atoms with Crippen molar-refractivity contribution < 1.29 is 9.90 Å². The smallest absolute Gasteiger partial charge is 0.225 e. The summed E-state index contributed by atoms with van der Waals surface area (Å²) in [5.41, 5.74) is -0.663. The minimum atomic E-state index is -0.663. The summed E-state index contributed by atoms with van der Waals surface area (Å²) in [6.07, 6.45) is 5.38. The molecule has 1 aromatic rings. The third kappa shape index (κ3) is 3.82. The van der Waals surface area contributed by atoms with Crippen molar-refractivity contribution in [3.63, 3.8) is 0 Å². The molecule has 0 unspecified atom stereocenters. The zero-order valence-electron chi connectivity index (χ0n) is 9.95. The van der Waals surface area contributed by atoms with Crippen LogP contribution in [0.4, 0.5) is 0 Å². The Bertz CT molecular complexity index is 356. The third-order valence-electron chi connectivity index (χ3n) is 3.31. The molecule has 94 valence electrons. The van der Waals surface area contributed by atoms with Crippen LogP contribution in [0.25, 0.3) is 0 Å². The van der Waals surface area contributed by atoms with E-state index in [1.807, 2.05) is 17.5 Å². The van der Waals surface area contributed by atoms with Gasteiger partial charge in [-0.1, -0.05) is 25.3 Å². The van der Waals surface area contributed by atoms with Crippen LogP contribution in [-0.4, -0.2) is 23.2 Å². The van der Waals surface area contributed by atoms with Gasteiger partial charge in [-0.2, -0.15) is 0 Å². The summed E-state index contributed by atoms with van der Waals surface area (Å²) < 4.78 is 0. The lowest BCUT2D eigenvalue weighted by molar-refractivity contribution is -0.122. The molecule has 0 aliphatic heterocycles. The number of hydrogen-bond donors (Lipinski definition) is 2. The summed E-state index contributed by atoms with van der Waals surface area (Å²) in [5, 5.41) is 15.1. The third-order valence-corrected chi connectivity index (χ3v) is 4.19. The maximum atomic E-state index is 11.7. The maximum Gasteiger partial charge on any atom is 0.225 e. The molecule has 2 N–H and O–H groups in total. The molecular weight excluding hydrogens is 234 g/mol. The number of rotatable bonds is 4. The number of thiophene rings is 1. The highest BCUT2D eigenvalue weighted by molar-refractivity contribution is 7.10. The summed E-state index contributed by atoms with van der Waals surface area (Å²) in [6, 6.07) is 3.90. The molecule has 0 saturated heterocycles. The molecule has 1 aromatic heterocycles. The van der Waals surface area contributed by atoms with Gasteiger partial charge in [0.15, 0.2) is 0 Å². The van der Waals surface area contributed by atoms with E-state index in [-0.39, 0.29) is 5.91 Å². The maximum absolute atomic E-state index is 11.7. The molecule has 1 saturated carbocycles. The molecule has 0 atom stereocenters. The van der Waals surface area contributed by atoms with E-state index < -0.39 is 5.60 Å². The predicted octanol–water partition coefficient (Wildman–Crippen LogP) is 2.10. The van der Waals surface area contributed by atoms with Crippen molar-refractivity contribution in [1.29, 1.82) is 0 Å². The van der Waals surface area contributed by atoms with Crippen molar-refractivity contribution >= 4 is 17.2 Å². The average molecular weight is 253 g/mol. The van der Waals surface area contributed by atoms with Gasteiger partial charge in [0.2, 0.25) is 5.91 Å². The lowest BCUT2D eigenvalue weighted by Gasteiger charge is -2.32. The van der Waals surface area contributed by atoms with E-state index in [1.54, 1.807) is 11.3 Å². The monoisotopic (exact) mass is 253 g/mol. The van der Waals surface area contributed by atoms with Gasteiger partial charge in [-0.3, -0.25) is 4.79 Å². The molecule has 0 aromatic carbocycles. The van der Waals surface area contributed by atoms with Gasteiger partial charge in [0.25, 0.3) is 0 Å². The Kier molecular flexibility index (Phi) is 4.18. The number of hydrogen-bond acceptors (Lipinski definition) is 3. The Balaban J connectivity index is 1.75. The van der Waals surface area contributed by atoms with Crippen LogP contribution in [-0.2, 0) is 11.2 Å². The van der Waals surface area contributed by atoms with E-state index in [0.29, 0.717) is 13.0 Å². The summed E-state index contributed by atoms with van der Waals surface area (Å²) in [5.74, 6) is 0.00597. The first kappa shape index (κ1) is 12.6. The van der Waals surface area contributed by atoms with Crippen LogP contribution in [0.5, 0.6) is 0 Å². The van der Waals surface area contributed by atoms with Crippen LogP contribution in [0.15, 0.2) is 17.5 Å². The zero-order valence-corrected chi connectivity index (χ0v) is 10.8. The second-order valence-electron chi connectivity index (χ2n) is 4.82. The molecule has 1 aliphatic carbocycles. The molecule has 4 heteroatoms. The molecule has 1 heterocycles. The van der Waals surface area contributed by atoms with E-state index in [1.165, 1.54) is 6.42 Å². The van der Waals surface area contributed by atoms with E-state index in [2.05, 4.69) is 5.32 Å². The summed E-state index contributed by atoms with van der Waals surface area (Å²) in [7, 11) is 0. The van der Waals surface area contributed by atoms with Crippen molar-refractivity contribution in [3.8, 4) is 0 Å². The molecule has 1 fully saturated rings. The molecule has 1 amide bonds. The van der Waals surface area contributed by atoms with Crippen molar-refractivity contribution in [3.05, 3.63) is 22.4 Å². The Morgan fingerprint density at radius 2 is 2.18 bits per heavy atom. The van der Waals surface area contributed by atoms with Crippen molar-refractivity contribution in [2.75, 3.05) is 6.54 Å². The minimum absolute atomic E-state index is 0.00597. The lowest BCUT2D eigenvalue weighted by Crippen LogP contribution is -2.44. The standard InChI is InChI=1S/C13H19NO2S/c15-12(9-11-5-4-8-17-11)14-10-13(16)6-2-1-3-7-13/h4-5,8,16H,1-3,6-7,9-10H2,(H,14,15). The largest absolute Gasteiger partial charge is 0.388 e. The first-order chi connectivity index (χ1) is 8.18. The van der Waals surface area contributed by atoms with E-state index >= 15 is 0 Å². The molecular formula is C13H19NO2S. The predicted molar refractivity (Wildman–Crippen MR) is 69.1 cm³/mol. The van der Waals surface area contributed by atoms with Crippen LogP contribution >= 0.6 is 11.3 Å². The number of nitrogens with one attached hydrogen (secondary N) is 1. The SMILES string of the molecule is O=C(Cc1cccs1)NCC1(O)CCCCC1. The first-order valence-electron chi connectivity index (χ1n) is 6.19. The highest BCUT2D eigenvalue weighted by Gasteiger charge is 2.29. The Morgan fingerprint density at radius 1 is 1.41 bits per heavy atom. The molecule has 17 heavy (non-hydrogen) atoms. The van der Waals surface area contributed by atoms with Gasteiger partial charge < -0.3 is 10.4 Å². The van der Waals surface area contributed by atoms with Gasteiger partial charge in [0.1, 0.15) is 0 Å². The van der Waals surface area contributed by atoms with Crippen molar-refractivity contribution in [2.24, 2.45) is 0 Å². The molecule has 1 aliphatic rings. The van der Waals surface area contributed by atoms with Crippen LogP contribution < -0.4 is 5.32 Å². The number of aliphatic hydroxyl groups is 1. The van der Waals surface area contributed by atoms with Gasteiger partial charge in [0.05, 0.1) is 12.0 Å². The highest BCUT2D eigenvalue weighted by atomic mass is 32.1. The number of carbonyl (C=O) groups excluding carboxylic acids is 1. The second-order valence-corrected chi connectivity index (χ2v) is 5.85. The fraction of sp³-hybridized carbons (Fsp3) is 0.615. The van der Waals surface area contributed by atoms with Gasteiger partial charge in [0, 0.05) is 11.4 Å². The van der Waals surface area contributed by atoms with Crippen LogP contribution in [0, 0.1) is 0 Å². The Labute approximate surface area is 106 Å². The quantitative estimate of drug-likeness (QED) is 0.863. The van der Waals surface area contributed by atoms with Gasteiger partial charge in [-0.05, 0) is 24.3 Å². The Morgan fingerprint density at radius 3 is 2.82 bits per heavy atom. The topological polar surface area (TPSA) is 49.3 Å². The first-order valence-corrected chi connectivity index (χ1v) is 7.07. The Hall–Kier alpha value is -0.870. The van der Waals surface area contributed by atoms with E-state index in [9.17, 15) is 9.90 Å². The van der Waals surface area contributed by atoms with Crippen molar-refractivity contribution in [2.45, 2.75) is 44.1 Å². The van der Waals surface area contributed by atoms with E-state index in [4.69, 9.17) is 0 Å². The van der Waals surface area contributed by atoms with Crippen molar-refractivity contribution in [1.82, 2.24) is 5.32 Å². The average Bonchev–Trinajstić information content (AvgIpc) is 2.80. The molecule has 0 radical (unpaired) electrons. The van der Waals surface area contributed by atoms with Crippen LogP contribution in [0.2, 0.25) is 0 Å². The van der Waals surface area contributed by atoms with E-state index in [0.717, 1.165) is 30.6 Å². The number of amides is 1. The van der Waals surface area contributed by atoms with Crippen LogP contribution in [0.1, 0.15) is 37.0 Å². The fourth-order valence-corrected chi connectivity index (χ4v) is 2.99. The zero-order chi connectivity index (χ0) is 12.1. The molecule has 0 bridgehead atoms. The number of carbonyl (C=O) groups is 1. The summed E-state index contributed by atoms with van der Waals surface area (Å²) >= 11 is 1.59. The van der Waals surface area contributed by atoms with Gasteiger partial charge in [-0.15, -0.1) is 11.3 Å². The molecule has 3 nitrogen and oxygen atoms in total. The molecule has 0 spiro atoms. The highest BCUT2D eigenvalue weighted by Crippen LogP contribution is 2.27. The summed E-state index contributed by atoms with van der Waals surface area (Å²) in [6.45, 7) is 0.400. The van der Waals surface area contributed by atoms with Gasteiger partial charge in [-0.25, -0.2) is 0 Å². The molecule has 2 rings (SSSR count). The summed E-state index contributed by atoms with van der Waals surface area (Å²) in [4.78, 5) is 12.7. The second kappa shape index (κ2) is 5.65. The fourth-order valence-electron chi connectivity index (χ4n) is 2.28. The minimum Gasteiger partial charge on any atom is -0.388 e. The van der Waals surface area contributed by atoms with Crippen LogP contribution in [0.3, 0.4) is 0 Å². The van der Waals surface area contributed by atoms with Gasteiger partial charge >= 0.3 is 0 Å².